The Hall–Kier alpha value is 0.660. The van der Waals surface area contributed by atoms with E-state index >= 15 is 0 Å². The Morgan fingerprint density at radius 2 is 1.52 bits per heavy atom. The van der Waals surface area contributed by atoms with Gasteiger partial charge in [0.05, 0.1) is 0 Å². The van der Waals surface area contributed by atoms with E-state index in [1.807, 2.05) is 0 Å². The number of unbranched alkanes of at least 4 members (excludes halogenated alkanes) is 6. The second-order valence-electron chi connectivity index (χ2n) is 5.93. The highest BCUT2D eigenvalue weighted by Crippen LogP contribution is 2.35. The number of rotatable bonds is 11. The van der Waals surface area contributed by atoms with Crippen LogP contribution in [0.4, 0.5) is 0 Å². The normalized spacial score (nSPS) is 11.8. The molecule has 0 N–H and O–H groups in total. The molecule has 0 radical (unpaired) electrons. The largest absolute Gasteiger partial charge is 0.0918 e. The smallest absolute Gasteiger partial charge is 0.0178 e. The maximum atomic E-state index is 3.75. The SMILES string of the molecule is CCCCCCCCCC(CBr)(CBr)c1cccc(Br)c1. The fourth-order valence-corrected chi connectivity index (χ4v) is 5.24. The van der Waals surface area contributed by atoms with Gasteiger partial charge in [-0.15, -0.1) is 0 Å². The van der Waals surface area contributed by atoms with E-state index in [2.05, 4.69) is 79.0 Å². The first-order valence-corrected chi connectivity index (χ1v) is 11.1. The minimum atomic E-state index is 0.215. The van der Waals surface area contributed by atoms with Crippen molar-refractivity contribution in [3.8, 4) is 0 Å². The first-order chi connectivity index (χ1) is 10.2. The fraction of sp³-hybridized carbons (Fsp3) is 0.667. The highest BCUT2D eigenvalue weighted by Gasteiger charge is 2.29. The number of halogens is 3. The van der Waals surface area contributed by atoms with Crippen LogP contribution in [0.3, 0.4) is 0 Å². The summed E-state index contributed by atoms with van der Waals surface area (Å²) in [5, 5.41) is 2.02. The van der Waals surface area contributed by atoms with Crippen molar-refractivity contribution in [1.29, 1.82) is 0 Å². The van der Waals surface area contributed by atoms with Gasteiger partial charge in [0.1, 0.15) is 0 Å². The predicted molar refractivity (Wildman–Crippen MR) is 106 cm³/mol. The summed E-state index contributed by atoms with van der Waals surface area (Å²) < 4.78 is 1.17. The van der Waals surface area contributed by atoms with Crippen LogP contribution in [0.15, 0.2) is 28.7 Å². The second kappa shape index (κ2) is 11.2. The summed E-state index contributed by atoms with van der Waals surface area (Å²) in [4.78, 5) is 0. The second-order valence-corrected chi connectivity index (χ2v) is 7.97. The maximum absolute atomic E-state index is 3.75. The molecule has 0 heterocycles. The van der Waals surface area contributed by atoms with Gasteiger partial charge in [-0.05, 0) is 24.1 Å². The van der Waals surface area contributed by atoms with Gasteiger partial charge in [0.15, 0.2) is 0 Å². The molecule has 0 unspecified atom stereocenters. The van der Waals surface area contributed by atoms with Gasteiger partial charge in [-0.1, -0.05) is 112 Å². The van der Waals surface area contributed by atoms with Crippen molar-refractivity contribution in [2.75, 3.05) is 10.7 Å². The Morgan fingerprint density at radius 3 is 2.10 bits per heavy atom. The van der Waals surface area contributed by atoms with Gasteiger partial charge in [-0.25, -0.2) is 0 Å². The van der Waals surface area contributed by atoms with Crippen molar-refractivity contribution in [2.24, 2.45) is 0 Å². The quantitative estimate of drug-likeness (QED) is 0.225. The molecule has 0 saturated carbocycles. The average molecular weight is 483 g/mol. The van der Waals surface area contributed by atoms with Crippen molar-refractivity contribution < 1.29 is 0 Å². The Bertz CT molecular complexity index is 386. The minimum absolute atomic E-state index is 0.215. The summed E-state index contributed by atoms with van der Waals surface area (Å²) >= 11 is 11.1. The van der Waals surface area contributed by atoms with Crippen molar-refractivity contribution >= 4 is 47.8 Å². The van der Waals surface area contributed by atoms with Crippen LogP contribution in [0.2, 0.25) is 0 Å². The molecule has 0 amide bonds. The first-order valence-electron chi connectivity index (χ1n) is 8.06. The zero-order chi connectivity index (χ0) is 15.6. The molecule has 0 spiro atoms. The van der Waals surface area contributed by atoms with Crippen molar-refractivity contribution in [3.63, 3.8) is 0 Å². The number of alkyl halides is 2. The van der Waals surface area contributed by atoms with Crippen LogP contribution in [0.25, 0.3) is 0 Å². The van der Waals surface area contributed by atoms with Crippen LogP contribution < -0.4 is 0 Å². The van der Waals surface area contributed by atoms with E-state index in [1.165, 1.54) is 61.4 Å². The molecule has 0 aliphatic heterocycles. The topological polar surface area (TPSA) is 0 Å². The fourth-order valence-electron chi connectivity index (χ4n) is 2.71. The summed E-state index contributed by atoms with van der Waals surface area (Å²) in [6, 6.07) is 8.77. The maximum Gasteiger partial charge on any atom is 0.0178 e. The Labute approximate surface area is 155 Å². The molecular weight excluding hydrogens is 456 g/mol. The molecular formula is C18H27Br3. The molecule has 0 saturated heterocycles. The lowest BCUT2D eigenvalue weighted by molar-refractivity contribution is 0.460. The van der Waals surface area contributed by atoms with E-state index in [9.17, 15) is 0 Å². The van der Waals surface area contributed by atoms with E-state index in [0.29, 0.717) is 0 Å². The summed E-state index contributed by atoms with van der Waals surface area (Å²) in [7, 11) is 0. The predicted octanol–water partition coefficient (Wildman–Crippen LogP) is 7.62. The Balaban J connectivity index is 2.49. The van der Waals surface area contributed by atoms with Crippen molar-refractivity contribution in [2.45, 2.75) is 63.7 Å². The van der Waals surface area contributed by atoms with Crippen LogP contribution in [-0.2, 0) is 5.41 Å². The van der Waals surface area contributed by atoms with Gasteiger partial charge in [-0.2, -0.15) is 0 Å². The van der Waals surface area contributed by atoms with E-state index in [1.54, 1.807) is 0 Å². The lowest BCUT2D eigenvalue weighted by atomic mass is 9.80. The zero-order valence-corrected chi connectivity index (χ0v) is 17.8. The Morgan fingerprint density at radius 1 is 0.905 bits per heavy atom. The third-order valence-electron chi connectivity index (χ3n) is 4.21. The summed E-state index contributed by atoms with van der Waals surface area (Å²) in [5.41, 5.74) is 1.64. The van der Waals surface area contributed by atoms with Crippen LogP contribution in [-0.4, -0.2) is 10.7 Å². The third kappa shape index (κ3) is 6.74. The molecule has 0 bridgehead atoms. The van der Waals surface area contributed by atoms with Crippen LogP contribution >= 0.6 is 47.8 Å². The van der Waals surface area contributed by atoms with Gasteiger partial charge in [0.25, 0.3) is 0 Å². The number of hydrogen-bond donors (Lipinski definition) is 0. The summed E-state index contributed by atoms with van der Waals surface area (Å²) in [6.45, 7) is 2.28. The number of hydrogen-bond acceptors (Lipinski definition) is 0. The molecule has 0 aromatic heterocycles. The first kappa shape index (κ1) is 19.7. The molecule has 1 aromatic carbocycles. The summed E-state index contributed by atoms with van der Waals surface area (Å²) in [6.07, 6.45) is 10.8. The summed E-state index contributed by atoms with van der Waals surface area (Å²) in [5.74, 6) is 0. The zero-order valence-electron chi connectivity index (χ0n) is 13.0. The van der Waals surface area contributed by atoms with Gasteiger partial charge < -0.3 is 0 Å². The van der Waals surface area contributed by atoms with Crippen molar-refractivity contribution in [3.05, 3.63) is 34.3 Å². The Kier molecular flexibility index (Phi) is 10.5. The highest BCUT2D eigenvalue weighted by atomic mass is 79.9. The highest BCUT2D eigenvalue weighted by molar-refractivity contribution is 9.10. The monoisotopic (exact) mass is 480 g/mol. The van der Waals surface area contributed by atoms with Crippen LogP contribution in [0.5, 0.6) is 0 Å². The molecule has 0 aliphatic rings. The van der Waals surface area contributed by atoms with E-state index in [-0.39, 0.29) is 5.41 Å². The van der Waals surface area contributed by atoms with Crippen LogP contribution in [0, 0.1) is 0 Å². The molecule has 120 valence electrons. The van der Waals surface area contributed by atoms with Crippen LogP contribution in [0.1, 0.15) is 63.9 Å². The van der Waals surface area contributed by atoms with Gasteiger partial charge in [0, 0.05) is 20.5 Å². The third-order valence-corrected chi connectivity index (χ3v) is 6.85. The molecule has 0 atom stereocenters. The molecule has 1 rings (SSSR count). The van der Waals surface area contributed by atoms with E-state index < -0.39 is 0 Å². The minimum Gasteiger partial charge on any atom is -0.0918 e. The molecule has 3 heteroatoms. The number of benzene rings is 1. The van der Waals surface area contributed by atoms with Gasteiger partial charge in [0.2, 0.25) is 0 Å². The molecule has 21 heavy (non-hydrogen) atoms. The molecule has 0 nitrogen and oxygen atoms in total. The van der Waals surface area contributed by atoms with E-state index in [4.69, 9.17) is 0 Å². The van der Waals surface area contributed by atoms with Gasteiger partial charge >= 0.3 is 0 Å². The van der Waals surface area contributed by atoms with Gasteiger partial charge in [-0.3, -0.25) is 0 Å². The lowest BCUT2D eigenvalue weighted by Crippen LogP contribution is -2.30. The molecule has 0 fully saturated rings. The molecule has 0 aliphatic carbocycles. The van der Waals surface area contributed by atoms with Crippen molar-refractivity contribution in [1.82, 2.24) is 0 Å². The average Bonchev–Trinajstić information content (AvgIpc) is 2.51. The molecule has 1 aromatic rings. The van der Waals surface area contributed by atoms with E-state index in [0.717, 1.165) is 10.7 Å². The standard InChI is InChI=1S/C18H27Br3/c1-2-3-4-5-6-7-8-12-18(14-19,15-20)16-10-9-11-17(21)13-16/h9-11,13H,2-8,12,14-15H2,1H3. The lowest BCUT2D eigenvalue weighted by Gasteiger charge is -2.31.